The molecule has 9 heteroatoms. The summed E-state index contributed by atoms with van der Waals surface area (Å²) >= 11 is 1.41. The van der Waals surface area contributed by atoms with Crippen LogP contribution in [0, 0.1) is 0 Å². The number of amides is 1. The summed E-state index contributed by atoms with van der Waals surface area (Å²) in [5.74, 6) is -0.395. The summed E-state index contributed by atoms with van der Waals surface area (Å²) in [6, 6.07) is 0.204. The Labute approximate surface area is 149 Å². The molecule has 2 N–H and O–H groups in total. The van der Waals surface area contributed by atoms with Crippen molar-refractivity contribution in [2.45, 2.75) is 31.5 Å². The molecule has 4 nitrogen and oxygen atoms in total. The van der Waals surface area contributed by atoms with Gasteiger partial charge in [0.15, 0.2) is 0 Å². The first-order chi connectivity index (χ1) is 10.9. The molecule has 3 rings (SSSR count). The molecule has 1 amide bonds. The largest absolute Gasteiger partial charge is 0.405 e. The van der Waals surface area contributed by atoms with E-state index in [1.807, 2.05) is 6.07 Å². The molecule has 0 saturated carbocycles. The van der Waals surface area contributed by atoms with E-state index in [4.69, 9.17) is 0 Å². The minimum absolute atomic E-state index is 0. The smallest absolute Gasteiger partial charge is 0.349 e. The molecule has 0 radical (unpaired) electrons. The number of rotatable bonds is 4. The number of carbonyl (C=O) groups is 1. The number of hydrogen-bond acceptors (Lipinski definition) is 4. The minimum atomic E-state index is -4.35. The highest BCUT2D eigenvalue weighted by molar-refractivity contribution is 7.14. The predicted octanol–water partition coefficient (Wildman–Crippen LogP) is 2.22. The van der Waals surface area contributed by atoms with Gasteiger partial charge in [-0.3, -0.25) is 9.69 Å². The third-order valence-electron chi connectivity index (χ3n) is 4.40. The van der Waals surface area contributed by atoms with Gasteiger partial charge in [-0.25, -0.2) is 0 Å². The molecule has 2 aliphatic rings. The maximum Gasteiger partial charge on any atom is 0.405 e. The van der Waals surface area contributed by atoms with Crippen LogP contribution in [0.4, 0.5) is 13.2 Å². The van der Waals surface area contributed by atoms with Crippen LogP contribution in [0.25, 0.3) is 0 Å². The number of piperazine rings is 1. The van der Waals surface area contributed by atoms with Gasteiger partial charge in [0.05, 0.1) is 4.88 Å². The number of thiophene rings is 1. The molecule has 0 spiro atoms. The molecule has 1 atom stereocenters. The standard InChI is InChI=1S/C15H20F3N3OS.ClH/c16-15(17,18)13(21-6-4-19-5-7-21)9-20-14(22)12-8-10-2-1-3-11(10)23-12;/h8,13,19H,1-7,9H2,(H,20,22);1H. The summed E-state index contributed by atoms with van der Waals surface area (Å²) in [5, 5.41) is 5.52. The molecule has 1 aliphatic heterocycles. The van der Waals surface area contributed by atoms with Crippen molar-refractivity contribution in [3.05, 3.63) is 21.4 Å². The van der Waals surface area contributed by atoms with Gasteiger partial charge in [0, 0.05) is 37.6 Å². The van der Waals surface area contributed by atoms with Gasteiger partial charge in [-0.1, -0.05) is 0 Å². The zero-order valence-electron chi connectivity index (χ0n) is 13.1. The van der Waals surface area contributed by atoms with E-state index >= 15 is 0 Å². The van der Waals surface area contributed by atoms with Crippen LogP contribution in [0.3, 0.4) is 0 Å². The predicted molar refractivity (Wildman–Crippen MR) is 90.2 cm³/mol. The van der Waals surface area contributed by atoms with Gasteiger partial charge in [0.2, 0.25) is 0 Å². The topological polar surface area (TPSA) is 44.4 Å². The van der Waals surface area contributed by atoms with Crippen LogP contribution in [-0.2, 0) is 12.8 Å². The molecule has 0 aromatic carbocycles. The monoisotopic (exact) mass is 383 g/mol. The Morgan fingerprint density at radius 1 is 1.33 bits per heavy atom. The molecule has 1 saturated heterocycles. The molecule has 1 unspecified atom stereocenters. The van der Waals surface area contributed by atoms with Gasteiger partial charge in [-0.2, -0.15) is 13.2 Å². The first-order valence-corrected chi connectivity index (χ1v) is 8.68. The number of hydrogen-bond donors (Lipinski definition) is 2. The van der Waals surface area contributed by atoms with Crippen molar-refractivity contribution in [1.82, 2.24) is 15.5 Å². The van der Waals surface area contributed by atoms with Crippen LogP contribution in [0.2, 0.25) is 0 Å². The highest BCUT2D eigenvalue weighted by atomic mass is 35.5. The highest BCUT2D eigenvalue weighted by Gasteiger charge is 2.43. The molecule has 24 heavy (non-hydrogen) atoms. The average molecular weight is 384 g/mol. The normalized spacial score (nSPS) is 19.5. The lowest BCUT2D eigenvalue weighted by Gasteiger charge is -2.35. The summed E-state index contributed by atoms with van der Waals surface area (Å²) in [5.41, 5.74) is 1.18. The van der Waals surface area contributed by atoms with E-state index in [-0.39, 0.29) is 12.4 Å². The van der Waals surface area contributed by atoms with E-state index in [9.17, 15) is 18.0 Å². The van der Waals surface area contributed by atoms with Crippen molar-refractivity contribution in [1.29, 1.82) is 0 Å². The Kier molecular flexibility index (Phi) is 6.52. The summed E-state index contributed by atoms with van der Waals surface area (Å²) < 4.78 is 39.8. The van der Waals surface area contributed by atoms with Crippen LogP contribution in [-0.4, -0.2) is 55.7 Å². The Hall–Kier alpha value is -0.830. The molecule has 1 aliphatic carbocycles. The maximum absolute atomic E-state index is 13.3. The lowest BCUT2D eigenvalue weighted by Crippen LogP contribution is -2.57. The molecule has 1 aromatic heterocycles. The van der Waals surface area contributed by atoms with Crippen molar-refractivity contribution in [2.75, 3.05) is 32.7 Å². The Bertz CT molecular complexity index is 551. The van der Waals surface area contributed by atoms with Crippen molar-refractivity contribution in [2.24, 2.45) is 0 Å². The van der Waals surface area contributed by atoms with Gasteiger partial charge in [-0.15, -0.1) is 23.7 Å². The first-order valence-electron chi connectivity index (χ1n) is 7.86. The number of fused-ring (bicyclic) bond motifs is 1. The van der Waals surface area contributed by atoms with Gasteiger partial charge in [-0.05, 0) is 30.9 Å². The summed E-state index contributed by atoms with van der Waals surface area (Å²) in [4.78, 5) is 15.3. The van der Waals surface area contributed by atoms with Crippen LogP contribution < -0.4 is 10.6 Å². The number of nitrogens with zero attached hydrogens (tertiary/aromatic N) is 1. The van der Waals surface area contributed by atoms with Crippen molar-refractivity contribution < 1.29 is 18.0 Å². The van der Waals surface area contributed by atoms with Crippen LogP contribution >= 0.6 is 23.7 Å². The Morgan fingerprint density at radius 3 is 2.67 bits per heavy atom. The van der Waals surface area contributed by atoms with Gasteiger partial charge >= 0.3 is 6.18 Å². The van der Waals surface area contributed by atoms with Gasteiger partial charge in [0.25, 0.3) is 5.91 Å². The van der Waals surface area contributed by atoms with Crippen LogP contribution in [0.15, 0.2) is 6.07 Å². The van der Waals surface area contributed by atoms with E-state index in [0.29, 0.717) is 31.1 Å². The fraction of sp³-hybridized carbons (Fsp3) is 0.667. The molecule has 2 heterocycles. The van der Waals surface area contributed by atoms with Crippen molar-refractivity contribution >= 4 is 29.7 Å². The average Bonchev–Trinajstić information content (AvgIpc) is 3.08. The fourth-order valence-electron chi connectivity index (χ4n) is 3.16. The number of carbonyl (C=O) groups excluding carboxylic acids is 1. The third-order valence-corrected chi connectivity index (χ3v) is 5.63. The molecular weight excluding hydrogens is 363 g/mol. The second-order valence-corrected chi connectivity index (χ2v) is 7.10. The lowest BCUT2D eigenvalue weighted by atomic mass is 10.2. The second-order valence-electron chi connectivity index (χ2n) is 5.97. The molecule has 136 valence electrons. The van der Waals surface area contributed by atoms with Gasteiger partial charge < -0.3 is 10.6 Å². The number of halogens is 4. The molecule has 0 bridgehead atoms. The SMILES string of the molecule is Cl.O=C(NCC(N1CCNCC1)C(F)(F)F)c1cc2c(s1)CCC2. The van der Waals surface area contributed by atoms with E-state index in [1.165, 1.54) is 26.7 Å². The van der Waals surface area contributed by atoms with Gasteiger partial charge in [0.1, 0.15) is 6.04 Å². The maximum atomic E-state index is 13.3. The zero-order valence-corrected chi connectivity index (χ0v) is 14.8. The minimum Gasteiger partial charge on any atom is -0.349 e. The highest BCUT2D eigenvalue weighted by Crippen LogP contribution is 2.30. The summed E-state index contributed by atoms with van der Waals surface area (Å²) in [6.45, 7) is 1.36. The van der Waals surface area contributed by atoms with Crippen LogP contribution in [0.1, 0.15) is 26.5 Å². The van der Waals surface area contributed by atoms with E-state index < -0.39 is 24.7 Å². The van der Waals surface area contributed by atoms with E-state index in [0.717, 1.165) is 19.3 Å². The first kappa shape index (κ1) is 19.5. The fourth-order valence-corrected chi connectivity index (χ4v) is 4.33. The molecule has 1 fully saturated rings. The Morgan fingerprint density at radius 2 is 2.04 bits per heavy atom. The summed E-state index contributed by atoms with van der Waals surface area (Å²) in [7, 11) is 0. The van der Waals surface area contributed by atoms with Crippen LogP contribution in [0.5, 0.6) is 0 Å². The molecular formula is C15H21ClF3N3OS. The lowest BCUT2D eigenvalue weighted by molar-refractivity contribution is -0.183. The summed E-state index contributed by atoms with van der Waals surface area (Å²) in [6.07, 6.45) is -1.31. The second kappa shape index (κ2) is 8.03. The number of nitrogens with one attached hydrogen (secondary N) is 2. The number of aryl methyl sites for hydroxylation is 2. The third kappa shape index (κ3) is 4.41. The van der Waals surface area contributed by atoms with Crippen molar-refractivity contribution in [3.8, 4) is 0 Å². The zero-order chi connectivity index (χ0) is 16.4. The van der Waals surface area contributed by atoms with E-state index in [2.05, 4.69) is 10.6 Å². The number of alkyl halides is 3. The quantitative estimate of drug-likeness (QED) is 0.838. The molecule has 1 aromatic rings. The van der Waals surface area contributed by atoms with E-state index in [1.54, 1.807) is 0 Å². The van der Waals surface area contributed by atoms with Crippen molar-refractivity contribution in [3.63, 3.8) is 0 Å². The Balaban J connectivity index is 0.00000208.